The largest absolute Gasteiger partial charge is 0.480 e. The van der Waals surface area contributed by atoms with Crippen molar-refractivity contribution in [1.29, 1.82) is 0 Å². The van der Waals surface area contributed by atoms with Crippen LogP contribution in [0.1, 0.15) is 11.6 Å². The molecule has 30 heavy (non-hydrogen) atoms. The molecule has 0 radical (unpaired) electrons. The van der Waals surface area contributed by atoms with E-state index in [1.54, 1.807) is 19.0 Å². The van der Waals surface area contributed by atoms with Gasteiger partial charge in [0, 0.05) is 57.4 Å². The van der Waals surface area contributed by atoms with E-state index < -0.39 is 30.3 Å². The Hall–Kier alpha value is -2.98. The van der Waals surface area contributed by atoms with Crippen LogP contribution in [0, 0.1) is 5.82 Å². The number of aliphatic carboxylic acids is 2. The van der Waals surface area contributed by atoms with Gasteiger partial charge in [0.05, 0.1) is 12.1 Å². The number of nitrogens with zero attached hydrogens (tertiary/aromatic N) is 4. The topological polar surface area (TPSA) is 106 Å². The van der Waals surface area contributed by atoms with E-state index in [2.05, 4.69) is 0 Å². The van der Waals surface area contributed by atoms with Gasteiger partial charge in [0.1, 0.15) is 18.4 Å². The summed E-state index contributed by atoms with van der Waals surface area (Å²) in [6.07, 6.45) is 1.49. The highest BCUT2D eigenvalue weighted by Gasteiger charge is 2.33. The normalized spacial score (nSPS) is 16.5. The van der Waals surface area contributed by atoms with E-state index in [0.717, 1.165) is 0 Å². The fourth-order valence-corrected chi connectivity index (χ4v) is 3.79. The van der Waals surface area contributed by atoms with Gasteiger partial charge in [-0.1, -0.05) is 0 Å². The van der Waals surface area contributed by atoms with Crippen molar-refractivity contribution >= 4 is 28.7 Å². The van der Waals surface area contributed by atoms with Crippen LogP contribution in [-0.2, 0) is 20.9 Å². The molecule has 3 rings (SSSR count). The predicted octanol–water partition coefficient (Wildman–Crippen LogP) is 0.697. The maximum atomic E-state index is 13.8. The highest BCUT2D eigenvalue weighted by Crippen LogP contribution is 2.32. The van der Waals surface area contributed by atoms with Gasteiger partial charge in [0.15, 0.2) is 0 Å². The summed E-state index contributed by atoms with van der Waals surface area (Å²) in [4.78, 5) is 40.6. The molecule has 1 aromatic carbocycles. The minimum Gasteiger partial charge on any atom is -0.480 e. The van der Waals surface area contributed by atoms with Crippen LogP contribution in [0.3, 0.4) is 0 Å². The molecule has 1 amide bonds. The van der Waals surface area contributed by atoms with Crippen LogP contribution in [0.5, 0.6) is 0 Å². The molecule has 1 atom stereocenters. The third-order valence-electron chi connectivity index (χ3n) is 5.34. The summed E-state index contributed by atoms with van der Waals surface area (Å²) < 4.78 is 15.1. The number of rotatable bonds is 7. The number of piperazine rings is 1. The fourth-order valence-electron chi connectivity index (χ4n) is 3.79. The van der Waals surface area contributed by atoms with E-state index in [1.165, 1.54) is 33.9 Å². The summed E-state index contributed by atoms with van der Waals surface area (Å²) in [5.41, 5.74) is 0.769. The highest BCUT2D eigenvalue weighted by atomic mass is 19.1. The van der Waals surface area contributed by atoms with Crippen LogP contribution in [0.2, 0.25) is 0 Å². The third-order valence-corrected chi connectivity index (χ3v) is 5.34. The van der Waals surface area contributed by atoms with Gasteiger partial charge in [-0.05, 0) is 18.2 Å². The minimum atomic E-state index is -1.10. The summed E-state index contributed by atoms with van der Waals surface area (Å²) >= 11 is 0. The number of carbonyl (C=O) groups is 3. The lowest BCUT2D eigenvalue weighted by atomic mass is 10.0. The van der Waals surface area contributed by atoms with E-state index in [0.29, 0.717) is 42.6 Å². The number of carboxylic acids is 2. The van der Waals surface area contributed by atoms with Crippen molar-refractivity contribution in [3.05, 3.63) is 35.8 Å². The maximum absolute atomic E-state index is 13.8. The van der Waals surface area contributed by atoms with Crippen LogP contribution in [0.25, 0.3) is 10.9 Å². The molecule has 2 heterocycles. The lowest BCUT2D eigenvalue weighted by Crippen LogP contribution is -2.51. The second-order valence-electron chi connectivity index (χ2n) is 7.61. The average molecular weight is 420 g/mol. The molecule has 1 fully saturated rings. The van der Waals surface area contributed by atoms with Gasteiger partial charge in [0.2, 0.25) is 5.91 Å². The Morgan fingerprint density at radius 2 is 1.77 bits per heavy atom. The van der Waals surface area contributed by atoms with Crippen LogP contribution in [0.15, 0.2) is 24.4 Å². The zero-order chi connectivity index (χ0) is 22.0. The summed E-state index contributed by atoms with van der Waals surface area (Å²) in [5, 5.41) is 19.6. The van der Waals surface area contributed by atoms with E-state index in [9.17, 15) is 23.9 Å². The van der Waals surface area contributed by atoms with Crippen LogP contribution < -0.4 is 0 Å². The Morgan fingerprint density at radius 3 is 2.33 bits per heavy atom. The van der Waals surface area contributed by atoms with Crippen molar-refractivity contribution in [2.45, 2.75) is 12.6 Å². The SMILES string of the molecule is CN(C)C(=O)CN1CCN([C@@H](C(=O)O)c2cn(CC(=O)O)c3cc(F)ccc23)CC1. The quantitative estimate of drug-likeness (QED) is 0.679. The Balaban J connectivity index is 1.87. The average Bonchev–Trinajstić information content (AvgIpc) is 2.99. The summed E-state index contributed by atoms with van der Waals surface area (Å²) in [5.74, 6) is -2.71. The van der Waals surface area contributed by atoms with Gasteiger partial charge in [-0.15, -0.1) is 0 Å². The Morgan fingerprint density at radius 1 is 1.10 bits per heavy atom. The first-order chi connectivity index (χ1) is 14.2. The summed E-state index contributed by atoms with van der Waals surface area (Å²) in [6.45, 7) is 1.81. The molecule has 1 aliphatic heterocycles. The smallest absolute Gasteiger partial charge is 0.325 e. The number of benzene rings is 1. The molecule has 2 N–H and O–H groups in total. The van der Waals surface area contributed by atoms with E-state index >= 15 is 0 Å². The molecule has 0 bridgehead atoms. The van der Waals surface area contributed by atoms with Gasteiger partial charge in [-0.2, -0.15) is 0 Å². The monoisotopic (exact) mass is 420 g/mol. The number of hydrogen-bond acceptors (Lipinski definition) is 5. The fraction of sp³-hybridized carbons (Fsp3) is 0.450. The summed E-state index contributed by atoms with van der Waals surface area (Å²) in [7, 11) is 3.38. The molecule has 1 aromatic heterocycles. The van der Waals surface area contributed by atoms with Gasteiger partial charge in [-0.3, -0.25) is 24.2 Å². The lowest BCUT2D eigenvalue weighted by molar-refractivity contribution is -0.145. The van der Waals surface area contributed by atoms with E-state index in [-0.39, 0.29) is 12.5 Å². The third kappa shape index (κ3) is 4.60. The molecule has 2 aromatic rings. The van der Waals surface area contributed by atoms with Gasteiger partial charge in [-0.25, -0.2) is 4.39 Å². The standard InChI is InChI=1S/C20H25FN4O5/c1-22(2)17(26)11-23-5-7-24(8-6-23)19(20(29)30)15-10-25(12-18(27)28)16-9-13(21)3-4-14(15)16/h3-4,9-10,19H,5-8,11-12H2,1-2H3,(H,27,28)(H,29,30)/t19-/m1/s1. The van der Waals surface area contributed by atoms with E-state index in [4.69, 9.17) is 5.11 Å². The second-order valence-corrected chi connectivity index (χ2v) is 7.61. The first kappa shape index (κ1) is 21.7. The van der Waals surface area contributed by atoms with Crippen LogP contribution >= 0.6 is 0 Å². The Labute approximate surface area is 172 Å². The molecule has 1 aliphatic rings. The molecule has 162 valence electrons. The highest BCUT2D eigenvalue weighted by molar-refractivity contribution is 5.90. The van der Waals surface area contributed by atoms with Crippen molar-refractivity contribution in [3.8, 4) is 0 Å². The van der Waals surface area contributed by atoms with Crippen molar-refractivity contribution in [1.82, 2.24) is 19.3 Å². The second kappa shape index (κ2) is 8.80. The van der Waals surface area contributed by atoms with Crippen molar-refractivity contribution in [2.24, 2.45) is 0 Å². The number of aromatic nitrogens is 1. The molecule has 0 spiro atoms. The van der Waals surface area contributed by atoms with Crippen LogP contribution in [-0.4, -0.2) is 94.1 Å². The maximum Gasteiger partial charge on any atom is 0.325 e. The number of fused-ring (bicyclic) bond motifs is 1. The molecular formula is C20H25FN4O5. The van der Waals surface area contributed by atoms with Crippen LogP contribution in [0.4, 0.5) is 4.39 Å². The molecule has 0 saturated carbocycles. The Bertz CT molecular complexity index is 966. The summed E-state index contributed by atoms with van der Waals surface area (Å²) in [6, 6.07) is 2.94. The predicted molar refractivity (Wildman–Crippen MR) is 107 cm³/mol. The van der Waals surface area contributed by atoms with Crippen molar-refractivity contribution in [2.75, 3.05) is 46.8 Å². The van der Waals surface area contributed by atoms with Gasteiger partial charge < -0.3 is 19.7 Å². The van der Waals surface area contributed by atoms with E-state index in [1.807, 2.05) is 4.90 Å². The zero-order valence-corrected chi connectivity index (χ0v) is 16.9. The number of halogens is 1. The number of hydrogen-bond donors (Lipinski definition) is 2. The lowest BCUT2D eigenvalue weighted by Gasteiger charge is -2.37. The number of carboxylic acid groups (broad SMARTS) is 2. The number of amides is 1. The van der Waals surface area contributed by atoms with Gasteiger partial charge in [0.25, 0.3) is 0 Å². The Kier molecular flexibility index (Phi) is 6.37. The number of carbonyl (C=O) groups excluding carboxylic acids is 1. The molecule has 10 heteroatoms. The number of likely N-dealkylation sites (N-methyl/N-ethyl adjacent to an activating group) is 1. The first-order valence-corrected chi connectivity index (χ1v) is 9.57. The zero-order valence-electron chi connectivity index (χ0n) is 16.9. The van der Waals surface area contributed by atoms with Crippen molar-refractivity contribution in [3.63, 3.8) is 0 Å². The van der Waals surface area contributed by atoms with Crippen molar-refractivity contribution < 1.29 is 29.0 Å². The molecule has 1 saturated heterocycles. The molecule has 0 aliphatic carbocycles. The molecular weight excluding hydrogens is 395 g/mol. The molecule has 0 unspecified atom stereocenters. The first-order valence-electron chi connectivity index (χ1n) is 9.57. The minimum absolute atomic E-state index is 0.0167. The molecule has 9 nitrogen and oxygen atoms in total. The van der Waals surface area contributed by atoms with Gasteiger partial charge >= 0.3 is 11.9 Å².